The Morgan fingerprint density at radius 2 is 2.22 bits per heavy atom. The third-order valence-corrected chi connectivity index (χ3v) is 1.04. The lowest BCUT2D eigenvalue weighted by Crippen LogP contribution is -1.65. The highest BCUT2D eigenvalue weighted by Gasteiger charge is 1.77. The van der Waals surface area contributed by atoms with Crippen molar-refractivity contribution in [3.63, 3.8) is 0 Å². The number of hydrogen-bond donors (Lipinski definition) is 0. The Bertz CT molecular complexity index is 239. The second-order valence-corrected chi connectivity index (χ2v) is 1.71. The fraction of sp³-hybridized carbons (Fsp3) is 0.111. The fourth-order valence-electron chi connectivity index (χ4n) is 0.652. The van der Waals surface area contributed by atoms with Crippen molar-refractivity contribution in [3.05, 3.63) is 42.0 Å². The van der Waals surface area contributed by atoms with Gasteiger partial charge in [-0.05, 0) is 12.5 Å². The molecule has 1 aromatic carbocycles. The van der Waals surface area contributed by atoms with Crippen LogP contribution in [0, 0.1) is 0 Å². The summed E-state index contributed by atoms with van der Waals surface area (Å²) >= 11 is 0. The average Bonchev–Trinajstić information content (AvgIpc) is 2.07. The topological polar surface area (TPSA) is 0 Å². The van der Waals surface area contributed by atoms with Crippen molar-refractivity contribution in [2.75, 3.05) is 0 Å². The molecular weight excluding hydrogens is 108 g/mol. The third kappa shape index (κ3) is 1.73. The van der Waals surface area contributed by atoms with Crippen molar-refractivity contribution in [1.29, 1.82) is 0 Å². The standard InChI is InChI=1S/C9H10/c1-2-6-9-7-4-3-5-8-9/h2-8H,1H3/b6-2+/i1D,6D. The molecule has 0 heterocycles. The Hall–Kier alpha value is -1.04. The summed E-state index contributed by atoms with van der Waals surface area (Å²) in [7, 11) is 0. The second-order valence-electron chi connectivity index (χ2n) is 1.71. The zero-order valence-electron chi connectivity index (χ0n) is 7.17. The van der Waals surface area contributed by atoms with E-state index in [1.165, 1.54) is 0 Å². The first-order chi connectivity index (χ1) is 5.34. The molecule has 0 unspecified atom stereocenters. The van der Waals surface area contributed by atoms with Crippen LogP contribution < -0.4 is 0 Å². The van der Waals surface area contributed by atoms with Gasteiger partial charge >= 0.3 is 0 Å². The lowest BCUT2D eigenvalue weighted by molar-refractivity contribution is 1.64. The molecule has 0 radical (unpaired) electrons. The average molecular weight is 120 g/mol. The predicted octanol–water partition coefficient (Wildman–Crippen LogP) is 2.72. The molecule has 0 heteroatoms. The molecule has 1 aromatic rings. The molecule has 0 atom stereocenters. The van der Waals surface area contributed by atoms with Crippen LogP contribution in [-0.2, 0) is 0 Å². The minimum absolute atomic E-state index is 0.174. The Morgan fingerprint density at radius 3 is 2.89 bits per heavy atom. The predicted molar refractivity (Wildman–Crippen MR) is 41.2 cm³/mol. The highest BCUT2D eigenvalue weighted by molar-refractivity contribution is 5.47. The molecule has 0 N–H and O–H groups in total. The largest absolute Gasteiger partial charge is 0.0871 e. The van der Waals surface area contributed by atoms with E-state index >= 15 is 0 Å². The first-order valence-corrected chi connectivity index (χ1v) is 2.86. The molecule has 46 valence electrons. The normalized spacial score (nSPS) is 14.4. The summed E-state index contributed by atoms with van der Waals surface area (Å²) in [6.45, 7) is 0.174. The molecule has 0 spiro atoms. The molecule has 0 fully saturated rings. The van der Waals surface area contributed by atoms with Gasteiger partial charge < -0.3 is 0 Å². The van der Waals surface area contributed by atoms with Crippen LogP contribution >= 0.6 is 0 Å². The number of benzene rings is 1. The first kappa shape index (κ1) is 3.89. The summed E-state index contributed by atoms with van der Waals surface area (Å²) in [5.41, 5.74) is 0.875. The monoisotopic (exact) mass is 120 g/mol. The molecule has 0 aromatic heterocycles. The fourth-order valence-corrected chi connectivity index (χ4v) is 0.652. The molecule has 9 heavy (non-hydrogen) atoms. The molecule has 0 aliphatic carbocycles. The van der Waals surface area contributed by atoms with Gasteiger partial charge in [0.1, 0.15) is 0 Å². The van der Waals surface area contributed by atoms with Gasteiger partial charge in [0.05, 0.1) is 1.37 Å². The van der Waals surface area contributed by atoms with Crippen LogP contribution in [0.4, 0.5) is 0 Å². The molecule has 1 rings (SSSR count). The Kier molecular flexibility index (Phi) is 1.33. The van der Waals surface area contributed by atoms with Gasteiger partial charge in [0, 0.05) is 1.37 Å². The van der Waals surface area contributed by atoms with Crippen molar-refractivity contribution in [1.82, 2.24) is 0 Å². The van der Waals surface area contributed by atoms with Gasteiger partial charge in [-0.25, -0.2) is 0 Å². The van der Waals surface area contributed by atoms with Crippen molar-refractivity contribution in [2.24, 2.45) is 0 Å². The number of allylic oxidation sites excluding steroid dienone is 1. The summed E-state index contributed by atoms with van der Waals surface area (Å²) in [5.74, 6) is 0. The van der Waals surface area contributed by atoms with Crippen molar-refractivity contribution in [3.8, 4) is 0 Å². The summed E-state index contributed by atoms with van der Waals surface area (Å²) < 4.78 is 14.3. The SMILES string of the molecule is [2H]C/C=C(\[2H])c1ccccc1. The minimum atomic E-state index is 0.174. The Morgan fingerprint density at radius 1 is 1.44 bits per heavy atom. The maximum atomic E-state index is 7.45. The first-order valence-electron chi connectivity index (χ1n) is 4.06. The van der Waals surface area contributed by atoms with Crippen molar-refractivity contribution in [2.45, 2.75) is 6.90 Å². The maximum Gasteiger partial charge on any atom is 0.0626 e. The van der Waals surface area contributed by atoms with E-state index in [0.29, 0.717) is 6.05 Å². The second kappa shape index (κ2) is 3.08. The molecule has 0 aliphatic heterocycles. The zero-order chi connectivity index (χ0) is 8.10. The van der Waals surface area contributed by atoms with Crippen LogP contribution in [0.5, 0.6) is 0 Å². The van der Waals surface area contributed by atoms with Crippen LogP contribution in [0.2, 0.25) is 0 Å². The lowest BCUT2D eigenvalue weighted by atomic mass is 10.2. The van der Waals surface area contributed by atoms with Gasteiger partial charge in [-0.2, -0.15) is 0 Å². The number of hydrogen-bond acceptors (Lipinski definition) is 0. The van der Waals surface area contributed by atoms with E-state index < -0.39 is 0 Å². The highest BCUT2D eigenvalue weighted by Crippen LogP contribution is 1.99. The van der Waals surface area contributed by atoms with Gasteiger partial charge in [-0.1, -0.05) is 42.5 Å². The summed E-state index contributed by atoms with van der Waals surface area (Å²) in [4.78, 5) is 0. The van der Waals surface area contributed by atoms with Gasteiger partial charge in [-0.3, -0.25) is 0 Å². The van der Waals surface area contributed by atoms with Gasteiger partial charge in [0.15, 0.2) is 0 Å². The van der Waals surface area contributed by atoms with Gasteiger partial charge in [0.2, 0.25) is 0 Å². The van der Waals surface area contributed by atoms with Crippen LogP contribution in [0.3, 0.4) is 0 Å². The molecule has 0 aliphatic rings. The molecule has 0 saturated carbocycles. The molecule has 0 nitrogen and oxygen atoms in total. The zero-order valence-corrected chi connectivity index (χ0v) is 5.17. The molecule has 0 bridgehead atoms. The van der Waals surface area contributed by atoms with E-state index in [-0.39, 0.29) is 6.90 Å². The Labute approximate surface area is 58.6 Å². The molecule has 0 saturated heterocycles. The summed E-state index contributed by atoms with van der Waals surface area (Å²) in [6, 6.07) is 9.87. The van der Waals surface area contributed by atoms with E-state index in [0.717, 1.165) is 5.56 Å². The van der Waals surface area contributed by atoms with E-state index in [4.69, 9.17) is 2.74 Å². The Balaban J connectivity index is 2.85. The smallest absolute Gasteiger partial charge is 0.0626 e. The summed E-state index contributed by atoms with van der Waals surface area (Å²) in [5, 5.41) is 0. The molecule has 0 amide bonds. The van der Waals surface area contributed by atoms with Crippen LogP contribution in [-0.4, -0.2) is 0 Å². The van der Waals surface area contributed by atoms with Crippen LogP contribution in [0.1, 0.15) is 15.2 Å². The van der Waals surface area contributed by atoms with E-state index in [9.17, 15) is 0 Å². The third-order valence-electron chi connectivity index (χ3n) is 1.04. The van der Waals surface area contributed by atoms with Gasteiger partial charge in [-0.15, -0.1) is 0 Å². The van der Waals surface area contributed by atoms with Crippen LogP contribution in [0.15, 0.2) is 36.4 Å². The lowest BCUT2D eigenvalue weighted by Gasteiger charge is -1.86. The van der Waals surface area contributed by atoms with Crippen LogP contribution in [0.25, 0.3) is 6.05 Å². The van der Waals surface area contributed by atoms with Gasteiger partial charge in [0.25, 0.3) is 0 Å². The van der Waals surface area contributed by atoms with Crippen molar-refractivity contribution < 1.29 is 2.74 Å². The van der Waals surface area contributed by atoms with E-state index in [1.807, 2.05) is 30.3 Å². The molecular formula is C9H10. The maximum absolute atomic E-state index is 7.45. The minimum Gasteiger partial charge on any atom is -0.0871 e. The summed E-state index contributed by atoms with van der Waals surface area (Å²) in [6.07, 6.45) is 1.58. The van der Waals surface area contributed by atoms with E-state index in [1.54, 1.807) is 6.08 Å². The highest BCUT2D eigenvalue weighted by atomic mass is 13.8. The van der Waals surface area contributed by atoms with Crippen molar-refractivity contribution >= 4 is 6.05 Å². The van der Waals surface area contributed by atoms with E-state index in [2.05, 4.69) is 0 Å². The quantitative estimate of drug-likeness (QED) is 0.534. The number of rotatable bonds is 1.